The average Bonchev–Trinajstić information content (AvgIpc) is 3.18. The Morgan fingerprint density at radius 2 is 1.70 bits per heavy atom. The van der Waals surface area contributed by atoms with Crippen LogP contribution in [0.1, 0.15) is 11.3 Å². The summed E-state index contributed by atoms with van der Waals surface area (Å²) in [4.78, 5) is 0. The molecule has 1 aliphatic heterocycles. The van der Waals surface area contributed by atoms with Crippen molar-refractivity contribution in [3.05, 3.63) is 66.0 Å². The largest absolute Gasteiger partial charge is 0.449 e. The summed E-state index contributed by atoms with van der Waals surface area (Å²) in [6.07, 6.45) is 2.20. The maximum atomic E-state index is 6.34. The molecular weight excluding hydrogens is 332 g/mol. The summed E-state index contributed by atoms with van der Waals surface area (Å²) in [6, 6.07) is 17.6. The fourth-order valence-electron chi connectivity index (χ4n) is 5.10. The van der Waals surface area contributed by atoms with Gasteiger partial charge in [0.2, 0.25) is 12.3 Å². The third kappa shape index (κ3) is 1.45. The van der Waals surface area contributed by atoms with Crippen molar-refractivity contribution in [3.63, 3.8) is 0 Å². The van der Waals surface area contributed by atoms with E-state index in [4.69, 9.17) is 4.42 Å². The number of rotatable bonds is 0. The Bertz CT molecular complexity index is 1610. The zero-order valence-corrected chi connectivity index (χ0v) is 15.2. The molecule has 4 heterocycles. The molecule has 0 N–H and O–H groups in total. The highest BCUT2D eigenvalue weighted by atomic mass is 16.3. The Morgan fingerprint density at radius 3 is 2.56 bits per heavy atom. The Labute approximate surface area is 155 Å². The Kier molecular flexibility index (Phi) is 2.21. The monoisotopic (exact) mass is 349 g/mol. The van der Waals surface area contributed by atoms with Gasteiger partial charge in [0.25, 0.3) is 5.52 Å². The molecule has 128 valence electrons. The molecule has 6 aromatic rings. The first-order valence-electron chi connectivity index (χ1n) is 9.41. The van der Waals surface area contributed by atoms with E-state index in [0.717, 1.165) is 17.8 Å². The highest BCUT2D eigenvalue weighted by molar-refractivity contribution is 6.33. The number of hydrogen-bond donors (Lipinski definition) is 0. The van der Waals surface area contributed by atoms with Gasteiger partial charge < -0.3 is 4.42 Å². The van der Waals surface area contributed by atoms with E-state index in [0.29, 0.717) is 0 Å². The summed E-state index contributed by atoms with van der Waals surface area (Å²) in [5.74, 6) is 0. The maximum absolute atomic E-state index is 6.34. The van der Waals surface area contributed by atoms with E-state index in [1.165, 1.54) is 54.6 Å². The lowest BCUT2D eigenvalue weighted by atomic mass is 9.96. The molecule has 3 aromatic carbocycles. The standard InChI is InChI=1S/C24H17N2O/c1-13-9-10-25-12-26-14(2)11-18-16-6-4-3-5-15(16)17-7-8-19-21(20(17)22(18)26)23(25)24(13)27-19/h3-11H,12H2,1-2H3/q+1. The Balaban J connectivity index is 1.96. The first kappa shape index (κ1) is 13.8. The maximum Gasteiger partial charge on any atom is 0.261 e. The third-order valence-corrected chi connectivity index (χ3v) is 6.32. The molecule has 0 saturated heterocycles. The van der Waals surface area contributed by atoms with Gasteiger partial charge >= 0.3 is 0 Å². The van der Waals surface area contributed by atoms with Crippen molar-refractivity contribution in [2.24, 2.45) is 0 Å². The van der Waals surface area contributed by atoms with Gasteiger partial charge in [-0.1, -0.05) is 24.3 Å². The van der Waals surface area contributed by atoms with Crippen LogP contribution in [0.2, 0.25) is 0 Å². The van der Waals surface area contributed by atoms with Gasteiger partial charge in [0.05, 0.1) is 5.52 Å². The molecule has 0 spiro atoms. The summed E-state index contributed by atoms with van der Waals surface area (Å²) in [5.41, 5.74) is 7.01. The number of benzene rings is 3. The highest BCUT2D eigenvalue weighted by Crippen LogP contribution is 2.43. The minimum Gasteiger partial charge on any atom is -0.449 e. The van der Waals surface area contributed by atoms with Crippen LogP contribution in [0.5, 0.6) is 0 Å². The van der Waals surface area contributed by atoms with Crippen LogP contribution in [-0.4, -0.2) is 4.57 Å². The van der Waals surface area contributed by atoms with Crippen molar-refractivity contribution < 1.29 is 8.98 Å². The van der Waals surface area contributed by atoms with Gasteiger partial charge in [-0.2, -0.15) is 4.57 Å². The third-order valence-electron chi connectivity index (χ3n) is 6.32. The van der Waals surface area contributed by atoms with Crippen molar-refractivity contribution >= 4 is 54.5 Å². The number of aryl methyl sites for hydroxylation is 2. The van der Waals surface area contributed by atoms with Crippen LogP contribution in [0.3, 0.4) is 0 Å². The Hall–Kier alpha value is -3.33. The lowest BCUT2D eigenvalue weighted by molar-refractivity contribution is -0.674. The molecular formula is C24H17N2O+. The van der Waals surface area contributed by atoms with Gasteiger partial charge in [-0.3, -0.25) is 4.57 Å². The second kappa shape index (κ2) is 4.32. The SMILES string of the molecule is Cc1cc[n+]2c3c1oc1ccc4c5ccccc5c5cc(C)n(c5c4c13)C2. The van der Waals surface area contributed by atoms with Gasteiger partial charge in [0.1, 0.15) is 11.0 Å². The second-order valence-corrected chi connectivity index (χ2v) is 7.77. The van der Waals surface area contributed by atoms with E-state index in [-0.39, 0.29) is 0 Å². The summed E-state index contributed by atoms with van der Waals surface area (Å²) in [5, 5.41) is 7.86. The van der Waals surface area contributed by atoms with Gasteiger partial charge in [-0.25, -0.2) is 0 Å². The number of aromatic nitrogens is 2. The quantitative estimate of drug-likeness (QED) is 0.259. The van der Waals surface area contributed by atoms with Gasteiger partial charge in [-0.15, -0.1) is 0 Å². The first-order valence-corrected chi connectivity index (χ1v) is 9.41. The summed E-state index contributed by atoms with van der Waals surface area (Å²) < 4.78 is 11.1. The van der Waals surface area contributed by atoms with E-state index in [1.807, 2.05) is 0 Å². The molecule has 3 heteroatoms. The highest BCUT2D eigenvalue weighted by Gasteiger charge is 2.28. The van der Waals surface area contributed by atoms with Gasteiger partial charge in [0.15, 0.2) is 6.20 Å². The van der Waals surface area contributed by atoms with Crippen LogP contribution in [0.4, 0.5) is 0 Å². The van der Waals surface area contributed by atoms with Crippen LogP contribution in [-0.2, 0) is 6.67 Å². The number of hydrogen-bond acceptors (Lipinski definition) is 1. The fraction of sp³-hybridized carbons (Fsp3) is 0.125. The van der Waals surface area contributed by atoms with Crippen molar-refractivity contribution in [2.45, 2.75) is 20.5 Å². The van der Waals surface area contributed by atoms with E-state index in [2.05, 4.69) is 77.7 Å². The minimum absolute atomic E-state index is 0.808. The van der Waals surface area contributed by atoms with Crippen molar-refractivity contribution in [1.29, 1.82) is 0 Å². The van der Waals surface area contributed by atoms with Crippen LogP contribution >= 0.6 is 0 Å². The minimum atomic E-state index is 0.808. The van der Waals surface area contributed by atoms with Gasteiger partial charge in [0, 0.05) is 28.1 Å². The first-order chi connectivity index (χ1) is 13.2. The second-order valence-electron chi connectivity index (χ2n) is 7.77. The molecule has 3 nitrogen and oxygen atoms in total. The van der Waals surface area contributed by atoms with E-state index in [9.17, 15) is 0 Å². The molecule has 0 unspecified atom stereocenters. The van der Waals surface area contributed by atoms with Crippen LogP contribution < -0.4 is 4.57 Å². The molecule has 0 atom stereocenters. The zero-order valence-electron chi connectivity index (χ0n) is 15.2. The predicted octanol–water partition coefficient (Wildman–Crippen LogP) is 5.57. The molecule has 7 rings (SSSR count). The lowest BCUT2D eigenvalue weighted by Crippen LogP contribution is -2.37. The summed E-state index contributed by atoms with van der Waals surface area (Å²) >= 11 is 0. The van der Waals surface area contributed by atoms with Gasteiger partial charge in [-0.05, 0) is 48.2 Å². The van der Waals surface area contributed by atoms with Crippen molar-refractivity contribution in [1.82, 2.24) is 4.57 Å². The van der Waals surface area contributed by atoms with Crippen molar-refractivity contribution in [3.8, 4) is 0 Å². The molecule has 0 bridgehead atoms. The predicted molar refractivity (Wildman–Crippen MR) is 109 cm³/mol. The van der Waals surface area contributed by atoms with E-state index >= 15 is 0 Å². The molecule has 0 fully saturated rings. The Morgan fingerprint density at radius 1 is 0.889 bits per heavy atom. The molecule has 1 aliphatic rings. The molecule has 0 saturated carbocycles. The van der Waals surface area contributed by atoms with Crippen LogP contribution in [0.25, 0.3) is 54.5 Å². The normalized spacial score (nSPS) is 13.4. The number of fused-ring (bicyclic) bond motifs is 3. The fourth-order valence-corrected chi connectivity index (χ4v) is 5.10. The van der Waals surface area contributed by atoms with Crippen molar-refractivity contribution in [2.75, 3.05) is 0 Å². The summed E-state index contributed by atoms with van der Waals surface area (Å²) in [7, 11) is 0. The smallest absolute Gasteiger partial charge is 0.261 e. The van der Waals surface area contributed by atoms with Crippen LogP contribution in [0.15, 0.2) is 59.1 Å². The molecule has 0 radical (unpaired) electrons. The zero-order chi connectivity index (χ0) is 17.9. The van der Waals surface area contributed by atoms with Crippen LogP contribution in [0, 0.1) is 13.8 Å². The molecule has 27 heavy (non-hydrogen) atoms. The lowest BCUT2D eigenvalue weighted by Gasteiger charge is -2.09. The average molecular weight is 349 g/mol. The molecule has 0 aliphatic carbocycles. The molecule has 3 aromatic heterocycles. The summed E-state index contributed by atoms with van der Waals surface area (Å²) in [6.45, 7) is 5.15. The van der Waals surface area contributed by atoms with E-state index in [1.54, 1.807) is 0 Å². The van der Waals surface area contributed by atoms with E-state index < -0.39 is 0 Å². The number of nitrogens with zero attached hydrogens (tertiary/aromatic N) is 2. The number of furan rings is 1. The molecule has 0 amide bonds. The number of pyridine rings is 1. The topological polar surface area (TPSA) is 21.9 Å².